The number of piperidine rings is 2. The summed E-state index contributed by atoms with van der Waals surface area (Å²) >= 11 is 0. The summed E-state index contributed by atoms with van der Waals surface area (Å²) in [5.41, 5.74) is 7.96. The highest BCUT2D eigenvalue weighted by Gasteiger charge is 2.26. The molecule has 2 aliphatic heterocycles. The van der Waals surface area contributed by atoms with E-state index < -0.39 is 0 Å². The van der Waals surface area contributed by atoms with E-state index >= 15 is 0 Å². The number of rotatable bonds is 5. The molecular formula is C25H34N8O2. The molecule has 1 aromatic carbocycles. The van der Waals surface area contributed by atoms with Gasteiger partial charge in [0.25, 0.3) is 5.56 Å². The first kappa shape index (κ1) is 23.5. The van der Waals surface area contributed by atoms with Crippen LogP contribution in [-0.4, -0.2) is 73.8 Å². The van der Waals surface area contributed by atoms with Crippen molar-refractivity contribution in [1.82, 2.24) is 24.0 Å². The van der Waals surface area contributed by atoms with Crippen molar-refractivity contribution in [1.29, 1.82) is 0 Å². The van der Waals surface area contributed by atoms with Crippen molar-refractivity contribution in [3.05, 3.63) is 46.2 Å². The number of imidazole rings is 1. The Morgan fingerprint density at radius 3 is 2.60 bits per heavy atom. The molecule has 1 atom stereocenters. The van der Waals surface area contributed by atoms with Crippen LogP contribution in [0.5, 0.6) is 0 Å². The predicted molar refractivity (Wildman–Crippen MR) is 137 cm³/mol. The molecule has 0 spiro atoms. The molecule has 2 aliphatic rings. The highest BCUT2D eigenvalue weighted by molar-refractivity contribution is 5.86. The van der Waals surface area contributed by atoms with E-state index in [0.717, 1.165) is 50.9 Å². The molecule has 35 heavy (non-hydrogen) atoms. The van der Waals surface area contributed by atoms with Crippen LogP contribution < -0.4 is 16.2 Å². The molecule has 10 nitrogen and oxygen atoms in total. The van der Waals surface area contributed by atoms with Crippen molar-refractivity contribution in [2.45, 2.75) is 44.7 Å². The lowest BCUT2D eigenvalue weighted by Gasteiger charge is -2.31. The van der Waals surface area contributed by atoms with Crippen LogP contribution in [0.3, 0.4) is 0 Å². The van der Waals surface area contributed by atoms with Gasteiger partial charge in [0.05, 0.1) is 6.54 Å². The number of aliphatic hydroxyl groups excluding tert-OH is 1. The number of aliphatic imine (C=N–C) groups is 1. The summed E-state index contributed by atoms with van der Waals surface area (Å²) in [6, 6.07) is 10.1. The van der Waals surface area contributed by atoms with Gasteiger partial charge in [0, 0.05) is 39.3 Å². The van der Waals surface area contributed by atoms with Gasteiger partial charge >= 0.3 is 0 Å². The highest BCUT2D eigenvalue weighted by Crippen LogP contribution is 2.25. The summed E-state index contributed by atoms with van der Waals surface area (Å²) in [5.74, 6) is 1.50. The van der Waals surface area contributed by atoms with Gasteiger partial charge in [-0.1, -0.05) is 30.3 Å². The Morgan fingerprint density at radius 1 is 1.11 bits per heavy atom. The van der Waals surface area contributed by atoms with Gasteiger partial charge in [-0.25, -0.2) is 0 Å². The van der Waals surface area contributed by atoms with Crippen LogP contribution in [0.25, 0.3) is 11.2 Å². The van der Waals surface area contributed by atoms with Crippen LogP contribution in [0.2, 0.25) is 0 Å². The third kappa shape index (κ3) is 4.81. The standard InChI is InChI=1S/C25H34N8O2/c1-30-23(35)21-22(28-24(30)27-20(17-34)31-12-6-3-7-13-31)29-25(32-14-8-11-19(26)16-32)33(21)15-18-9-4-2-5-10-18/h2,4-5,9-10,19,34H,3,6-8,11-17,26H2,1H3. The number of hydrogen-bond acceptors (Lipinski definition) is 7. The summed E-state index contributed by atoms with van der Waals surface area (Å²) in [7, 11) is 1.68. The summed E-state index contributed by atoms with van der Waals surface area (Å²) < 4.78 is 3.42. The Bertz CT molecular complexity index is 1260. The Hall–Kier alpha value is -3.24. The number of fused-ring (bicyclic) bond motifs is 1. The minimum absolute atomic E-state index is 0.0707. The van der Waals surface area contributed by atoms with Crippen molar-refractivity contribution in [2.75, 3.05) is 37.7 Å². The number of aromatic nitrogens is 4. The van der Waals surface area contributed by atoms with E-state index in [0.29, 0.717) is 36.0 Å². The maximum Gasteiger partial charge on any atom is 0.281 e. The first-order chi connectivity index (χ1) is 17.0. The molecule has 2 aromatic heterocycles. The summed E-state index contributed by atoms with van der Waals surface area (Å²) in [6.07, 6.45) is 5.27. The number of amidine groups is 1. The maximum absolute atomic E-state index is 13.6. The fourth-order valence-electron chi connectivity index (χ4n) is 5.06. The number of likely N-dealkylation sites (tertiary alicyclic amines) is 1. The molecule has 5 rings (SSSR count). The van der Waals surface area contributed by atoms with Crippen molar-refractivity contribution < 1.29 is 5.11 Å². The van der Waals surface area contributed by atoms with Crippen LogP contribution >= 0.6 is 0 Å². The highest BCUT2D eigenvalue weighted by atomic mass is 16.3. The summed E-state index contributed by atoms with van der Waals surface area (Å²) in [6.45, 7) is 3.52. The van der Waals surface area contributed by atoms with E-state index in [-0.39, 0.29) is 24.2 Å². The van der Waals surface area contributed by atoms with E-state index in [2.05, 4.69) is 14.8 Å². The average molecular weight is 479 g/mol. The lowest BCUT2D eigenvalue weighted by atomic mass is 10.1. The number of nitrogens with zero attached hydrogens (tertiary/aromatic N) is 7. The van der Waals surface area contributed by atoms with Crippen LogP contribution in [0.1, 0.15) is 37.7 Å². The Kier molecular flexibility index (Phi) is 6.83. The van der Waals surface area contributed by atoms with Gasteiger partial charge < -0.3 is 20.6 Å². The van der Waals surface area contributed by atoms with Gasteiger partial charge in [0.2, 0.25) is 11.9 Å². The van der Waals surface area contributed by atoms with Crippen molar-refractivity contribution >= 4 is 28.9 Å². The monoisotopic (exact) mass is 478 g/mol. The van der Waals surface area contributed by atoms with Gasteiger partial charge in [-0.2, -0.15) is 15.0 Å². The number of hydrogen-bond donors (Lipinski definition) is 2. The molecule has 4 heterocycles. The third-order valence-corrected chi connectivity index (χ3v) is 6.96. The normalized spacial score (nSPS) is 19.5. The zero-order chi connectivity index (χ0) is 24.4. The van der Waals surface area contributed by atoms with Crippen LogP contribution in [0, 0.1) is 0 Å². The SMILES string of the molecule is Cn1c(N=C(CO)N2CCCCC2)nc2nc(N3CCCC(N)C3)n(Cc3ccccc3)c2c1=O. The zero-order valence-corrected chi connectivity index (χ0v) is 20.3. The van der Waals surface area contributed by atoms with Crippen LogP contribution in [0.4, 0.5) is 11.9 Å². The Labute approximate surface area is 204 Å². The molecule has 1 unspecified atom stereocenters. The van der Waals surface area contributed by atoms with E-state index in [1.807, 2.05) is 34.9 Å². The number of aliphatic hydroxyl groups is 1. The van der Waals surface area contributed by atoms with Gasteiger partial charge in [-0.15, -0.1) is 0 Å². The van der Waals surface area contributed by atoms with Crippen molar-refractivity contribution in [3.8, 4) is 0 Å². The zero-order valence-electron chi connectivity index (χ0n) is 20.3. The Morgan fingerprint density at radius 2 is 1.89 bits per heavy atom. The molecule has 0 bridgehead atoms. The first-order valence-electron chi connectivity index (χ1n) is 12.5. The molecule has 0 saturated carbocycles. The molecule has 0 aliphatic carbocycles. The summed E-state index contributed by atoms with van der Waals surface area (Å²) in [5, 5.41) is 9.99. The second-order valence-electron chi connectivity index (χ2n) is 9.51. The van der Waals surface area contributed by atoms with E-state index in [1.54, 1.807) is 7.05 Å². The summed E-state index contributed by atoms with van der Waals surface area (Å²) in [4.78, 5) is 32.0. The molecule has 3 aromatic rings. The smallest absolute Gasteiger partial charge is 0.281 e. The molecular weight excluding hydrogens is 444 g/mol. The number of nitrogens with two attached hydrogens (primary N) is 1. The minimum Gasteiger partial charge on any atom is -0.388 e. The second-order valence-corrected chi connectivity index (χ2v) is 9.51. The van der Waals surface area contributed by atoms with Crippen molar-refractivity contribution in [2.24, 2.45) is 17.8 Å². The average Bonchev–Trinajstić information content (AvgIpc) is 3.24. The molecule has 2 saturated heterocycles. The molecule has 10 heteroatoms. The van der Waals surface area contributed by atoms with E-state index in [9.17, 15) is 9.90 Å². The topological polar surface area (TPSA) is 118 Å². The lowest BCUT2D eigenvalue weighted by Crippen LogP contribution is -2.44. The second kappa shape index (κ2) is 10.2. The molecule has 0 radical (unpaired) electrons. The fourth-order valence-corrected chi connectivity index (χ4v) is 5.06. The van der Waals surface area contributed by atoms with Gasteiger partial charge in [0.1, 0.15) is 12.4 Å². The molecule has 3 N–H and O–H groups in total. The van der Waals surface area contributed by atoms with Gasteiger partial charge in [-0.3, -0.25) is 13.9 Å². The molecule has 2 fully saturated rings. The lowest BCUT2D eigenvalue weighted by molar-refractivity contribution is 0.292. The maximum atomic E-state index is 13.6. The first-order valence-corrected chi connectivity index (χ1v) is 12.5. The predicted octanol–water partition coefficient (Wildman–Crippen LogP) is 1.61. The van der Waals surface area contributed by atoms with Crippen molar-refractivity contribution in [3.63, 3.8) is 0 Å². The fraction of sp³-hybridized carbons (Fsp3) is 0.520. The van der Waals surface area contributed by atoms with Gasteiger partial charge in [0.15, 0.2) is 11.2 Å². The van der Waals surface area contributed by atoms with Crippen LogP contribution in [0.15, 0.2) is 40.1 Å². The number of benzene rings is 1. The van der Waals surface area contributed by atoms with Crippen LogP contribution in [-0.2, 0) is 13.6 Å². The van der Waals surface area contributed by atoms with E-state index in [1.165, 1.54) is 11.0 Å². The quantitative estimate of drug-likeness (QED) is 0.423. The molecule has 186 valence electrons. The Balaban J connectivity index is 1.62. The largest absolute Gasteiger partial charge is 0.388 e. The number of anilines is 1. The minimum atomic E-state index is -0.208. The van der Waals surface area contributed by atoms with Gasteiger partial charge in [-0.05, 0) is 37.7 Å². The van der Waals surface area contributed by atoms with E-state index in [4.69, 9.17) is 15.7 Å². The third-order valence-electron chi connectivity index (χ3n) is 6.96. The molecule has 0 amide bonds.